The molecule has 7 nitrogen and oxygen atoms in total. The molecular formula is C23H29NO6S. The Labute approximate surface area is 184 Å². The fourth-order valence-electron chi connectivity index (χ4n) is 3.39. The first-order valence-electron chi connectivity index (χ1n) is 10.3. The summed E-state index contributed by atoms with van der Waals surface area (Å²) in [5.41, 5.74) is 0.766. The third kappa shape index (κ3) is 5.31. The van der Waals surface area contributed by atoms with Crippen molar-refractivity contribution in [3.8, 4) is 17.2 Å². The molecule has 0 saturated heterocycles. The number of amides is 1. The van der Waals surface area contributed by atoms with Gasteiger partial charge in [0, 0.05) is 18.5 Å². The molecule has 168 valence electrons. The number of nitrogens with zero attached hydrogens (tertiary/aromatic N) is 1. The van der Waals surface area contributed by atoms with Crippen LogP contribution in [-0.4, -0.2) is 39.5 Å². The second-order valence-corrected chi connectivity index (χ2v) is 9.43. The molecule has 2 aromatic carbocycles. The van der Waals surface area contributed by atoms with E-state index in [9.17, 15) is 13.2 Å². The van der Waals surface area contributed by atoms with Crippen molar-refractivity contribution in [2.75, 3.05) is 14.2 Å². The molecule has 0 bridgehead atoms. The van der Waals surface area contributed by atoms with Crippen molar-refractivity contribution < 1.29 is 26.9 Å². The molecule has 1 aliphatic rings. The van der Waals surface area contributed by atoms with Crippen molar-refractivity contribution in [2.24, 2.45) is 5.92 Å². The van der Waals surface area contributed by atoms with Crippen LogP contribution in [0.15, 0.2) is 47.4 Å². The number of carbonyl (C=O) groups excluding carboxylic acids is 1. The number of benzene rings is 2. The van der Waals surface area contributed by atoms with Gasteiger partial charge >= 0.3 is 10.1 Å². The molecule has 0 radical (unpaired) electrons. The largest absolute Gasteiger partial charge is 0.497 e. The summed E-state index contributed by atoms with van der Waals surface area (Å²) in [6.07, 6.45) is 2.95. The molecule has 31 heavy (non-hydrogen) atoms. The molecule has 0 spiro atoms. The third-order valence-electron chi connectivity index (χ3n) is 5.49. The number of ether oxygens (including phenoxy) is 2. The highest BCUT2D eigenvalue weighted by molar-refractivity contribution is 7.87. The van der Waals surface area contributed by atoms with Crippen LogP contribution in [0.2, 0.25) is 0 Å². The van der Waals surface area contributed by atoms with Gasteiger partial charge in [0.15, 0.2) is 11.5 Å². The molecule has 0 N–H and O–H groups in total. The fourth-order valence-corrected chi connectivity index (χ4v) is 4.33. The van der Waals surface area contributed by atoms with Crippen molar-refractivity contribution in [1.29, 1.82) is 0 Å². The van der Waals surface area contributed by atoms with Crippen LogP contribution < -0.4 is 13.7 Å². The fraction of sp³-hybridized carbons (Fsp3) is 0.435. The Morgan fingerprint density at radius 1 is 1.03 bits per heavy atom. The highest BCUT2D eigenvalue weighted by Crippen LogP contribution is 2.33. The number of rotatable bonds is 9. The Balaban J connectivity index is 1.84. The zero-order valence-corrected chi connectivity index (χ0v) is 19.1. The average Bonchev–Trinajstić information content (AvgIpc) is 2.70. The second kappa shape index (κ2) is 9.60. The molecule has 8 heteroatoms. The molecule has 1 amide bonds. The van der Waals surface area contributed by atoms with E-state index >= 15 is 0 Å². The lowest BCUT2D eigenvalue weighted by molar-refractivity contribution is -0.140. The summed E-state index contributed by atoms with van der Waals surface area (Å²) in [7, 11) is -1.12. The van der Waals surface area contributed by atoms with E-state index in [0.717, 1.165) is 24.8 Å². The van der Waals surface area contributed by atoms with Gasteiger partial charge in [-0.3, -0.25) is 4.79 Å². The van der Waals surface area contributed by atoms with Gasteiger partial charge in [-0.05, 0) is 68.7 Å². The van der Waals surface area contributed by atoms with E-state index in [1.165, 1.54) is 26.4 Å². The van der Waals surface area contributed by atoms with Crippen LogP contribution >= 0.6 is 0 Å². The predicted octanol–water partition coefficient (Wildman–Crippen LogP) is 4.01. The van der Waals surface area contributed by atoms with Gasteiger partial charge in [0.2, 0.25) is 5.91 Å². The normalized spacial score (nSPS) is 14.1. The zero-order chi connectivity index (χ0) is 22.6. The van der Waals surface area contributed by atoms with Crippen molar-refractivity contribution >= 4 is 16.0 Å². The first-order chi connectivity index (χ1) is 14.7. The number of methoxy groups -OCH3 is 2. The number of carbonyl (C=O) groups is 1. The Morgan fingerprint density at radius 3 is 2.23 bits per heavy atom. The molecule has 0 aliphatic heterocycles. The SMILES string of the molecule is COc1ccc(S(=O)(=O)Oc2cc(CN(C(=O)C3CCC3)C(C)C)ccc2OC)cc1. The molecule has 2 aromatic rings. The van der Waals surface area contributed by atoms with Crippen LogP contribution in [0.25, 0.3) is 0 Å². The number of hydrogen-bond donors (Lipinski definition) is 0. The van der Waals surface area contributed by atoms with Gasteiger partial charge in [-0.15, -0.1) is 0 Å². The summed E-state index contributed by atoms with van der Waals surface area (Å²) in [5.74, 6) is 1.15. The Kier molecular flexibility index (Phi) is 7.10. The van der Waals surface area contributed by atoms with Crippen LogP contribution in [0.1, 0.15) is 38.7 Å². The maximum absolute atomic E-state index is 12.8. The van der Waals surface area contributed by atoms with Crippen molar-refractivity contribution in [2.45, 2.75) is 50.6 Å². The summed E-state index contributed by atoms with van der Waals surface area (Å²) >= 11 is 0. The van der Waals surface area contributed by atoms with Crippen molar-refractivity contribution in [3.05, 3.63) is 48.0 Å². The monoisotopic (exact) mass is 447 g/mol. The first-order valence-corrected chi connectivity index (χ1v) is 11.7. The van der Waals surface area contributed by atoms with Gasteiger partial charge in [0.05, 0.1) is 14.2 Å². The van der Waals surface area contributed by atoms with Crippen LogP contribution in [0.4, 0.5) is 0 Å². The van der Waals surface area contributed by atoms with Crippen LogP contribution in [0.3, 0.4) is 0 Å². The van der Waals surface area contributed by atoms with Gasteiger partial charge in [-0.25, -0.2) is 0 Å². The maximum atomic E-state index is 12.8. The molecule has 1 aliphatic carbocycles. The second-order valence-electron chi connectivity index (χ2n) is 7.89. The zero-order valence-electron chi connectivity index (χ0n) is 18.3. The van der Waals surface area contributed by atoms with Crippen molar-refractivity contribution in [1.82, 2.24) is 4.90 Å². The maximum Gasteiger partial charge on any atom is 0.339 e. The van der Waals surface area contributed by atoms with Crippen LogP contribution in [-0.2, 0) is 21.5 Å². The Bertz CT molecular complexity index is 1010. The van der Waals surface area contributed by atoms with E-state index < -0.39 is 10.1 Å². The molecule has 0 unspecified atom stereocenters. The molecule has 1 fully saturated rings. The average molecular weight is 448 g/mol. The molecule has 0 heterocycles. The predicted molar refractivity (Wildman–Crippen MR) is 117 cm³/mol. The summed E-state index contributed by atoms with van der Waals surface area (Å²) < 4.78 is 41.3. The molecule has 3 rings (SSSR count). The highest BCUT2D eigenvalue weighted by atomic mass is 32.2. The quantitative estimate of drug-likeness (QED) is 0.540. The van der Waals surface area contributed by atoms with Crippen LogP contribution in [0.5, 0.6) is 17.2 Å². The third-order valence-corrected chi connectivity index (χ3v) is 6.74. The van der Waals surface area contributed by atoms with E-state index in [1.54, 1.807) is 24.3 Å². The van der Waals surface area contributed by atoms with Gasteiger partial charge in [0.1, 0.15) is 10.6 Å². The Morgan fingerprint density at radius 2 is 1.71 bits per heavy atom. The molecule has 0 atom stereocenters. The van der Waals surface area contributed by atoms with Gasteiger partial charge in [-0.2, -0.15) is 8.42 Å². The van der Waals surface area contributed by atoms with Crippen molar-refractivity contribution in [3.63, 3.8) is 0 Å². The first kappa shape index (κ1) is 22.9. The van der Waals surface area contributed by atoms with Gasteiger partial charge < -0.3 is 18.6 Å². The van der Waals surface area contributed by atoms with E-state index in [1.807, 2.05) is 24.8 Å². The lowest BCUT2D eigenvalue weighted by Crippen LogP contribution is -2.42. The van der Waals surface area contributed by atoms with E-state index in [-0.39, 0.29) is 28.5 Å². The topological polar surface area (TPSA) is 82.1 Å². The molecule has 1 saturated carbocycles. The highest BCUT2D eigenvalue weighted by Gasteiger charge is 2.31. The summed E-state index contributed by atoms with van der Waals surface area (Å²) in [5, 5.41) is 0. The minimum absolute atomic E-state index is 0.00437. The molecule has 0 aromatic heterocycles. The smallest absolute Gasteiger partial charge is 0.339 e. The van der Waals surface area contributed by atoms with E-state index in [4.69, 9.17) is 13.7 Å². The van der Waals surface area contributed by atoms with E-state index in [2.05, 4.69) is 0 Å². The lowest BCUT2D eigenvalue weighted by Gasteiger charge is -2.34. The summed E-state index contributed by atoms with van der Waals surface area (Å²) in [6, 6.07) is 11.1. The van der Waals surface area contributed by atoms with Gasteiger partial charge in [0.25, 0.3) is 0 Å². The molecular weight excluding hydrogens is 418 g/mol. The van der Waals surface area contributed by atoms with Gasteiger partial charge in [-0.1, -0.05) is 12.5 Å². The standard InChI is InChI=1S/C23H29NO6S/c1-16(2)24(23(25)18-6-5-7-18)15-17-8-13-21(29-4)22(14-17)30-31(26,27)20-11-9-19(28-3)10-12-20/h8-14,16,18H,5-7,15H2,1-4H3. The van der Waals surface area contributed by atoms with E-state index in [0.29, 0.717) is 18.0 Å². The Hall–Kier alpha value is -2.74. The summed E-state index contributed by atoms with van der Waals surface area (Å²) in [6.45, 7) is 4.33. The number of hydrogen-bond acceptors (Lipinski definition) is 6. The summed E-state index contributed by atoms with van der Waals surface area (Å²) in [4.78, 5) is 14.6. The minimum Gasteiger partial charge on any atom is -0.497 e. The lowest BCUT2D eigenvalue weighted by atomic mass is 9.84. The van der Waals surface area contributed by atoms with Crippen LogP contribution in [0, 0.1) is 5.92 Å². The minimum atomic E-state index is -4.07.